The van der Waals surface area contributed by atoms with Crippen LogP contribution in [0.1, 0.15) is 12.8 Å². The van der Waals surface area contributed by atoms with Crippen molar-refractivity contribution in [2.45, 2.75) is 12.8 Å². The minimum atomic E-state index is -0.607. The van der Waals surface area contributed by atoms with Crippen molar-refractivity contribution < 1.29 is 9.90 Å². The monoisotopic (exact) mass is 219 g/mol. The number of carboxylic acid groups (broad SMARTS) is 1. The number of hydrogen-bond acceptors (Lipinski definition) is 2. The summed E-state index contributed by atoms with van der Waals surface area (Å²) in [6.07, 6.45) is 10.4. The van der Waals surface area contributed by atoms with E-state index in [1.54, 1.807) is 0 Å². The van der Waals surface area contributed by atoms with Crippen molar-refractivity contribution in [1.29, 1.82) is 0 Å². The second-order valence-corrected chi connectivity index (χ2v) is 5.33. The minimum Gasteiger partial charge on any atom is -0.481 e. The van der Waals surface area contributed by atoms with Gasteiger partial charge in [-0.3, -0.25) is 4.79 Å². The van der Waals surface area contributed by atoms with Gasteiger partial charge in [-0.05, 0) is 37.1 Å². The fourth-order valence-electron chi connectivity index (χ4n) is 3.62. The molecular weight excluding hydrogens is 202 g/mol. The summed E-state index contributed by atoms with van der Waals surface area (Å²) in [5.74, 6) is 0.686. The fraction of sp³-hybridized carbons (Fsp3) is 0.615. The van der Waals surface area contributed by atoms with Gasteiger partial charge in [-0.2, -0.15) is 0 Å². The number of fused-ring (bicyclic) bond motifs is 2. The predicted molar refractivity (Wildman–Crippen MR) is 60.9 cm³/mol. The summed E-state index contributed by atoms with van der Waals surface area (Å²) < 4.78 is 0. The quantitative estimate of drug-likeness (QED) is 0.701. The molecule has 3 nitrogen and oxygen atoms in total. The van der Waals surface area contributed by atoms with Crippen LogP contribution in [0.3, 0.4) is 0 Å². The van der Waals surface area contributed by atoms with Crippen molar-refractivity contribution >= 4 is 5.97 Å². The van der Waals surface area contributed by atoms with Gasteiger partial charge in [0.15, 0.2) is 0 Å². The molecule has 2 fully saturated rings. The highest BCUT2D eigenvalue weighted by atomic mass is 16.4. The Hall–Kier alpha value is -1.09. The van der Waals surface area contributed by atoms with Gasteiger partial charge in [0.2, 0.25) is 0 Å². The SMILES string of the molecule is O=C(O)C12CNCC1CC1C=CC=CC1C2. The third-order valence-electron chi connectivity index (χ3n) is 4.57. The predicted octanol–water partition coefficient (Wildman–Crippen LogP) is 1.43. The van der Waals surface area contributed by atoms with Crippen LogP contribution in [-0.4, -0.2) is 24.2 Å². The number of carboxylic acids is 1. The molecule has 0 aromatic carbocycles. The second-order valence-electron chi connectivity index (χ2n) is 5.33. The first-order valence-electron chi connectivity index (χ1n) is 6.01. The Morgan fingerprint density at radius 2 is 2.06 bits per heavy atom. The molecule has 1 saturated carbocycles. The van der Waals surface area contributed by atoms with E-state index in [0.29, 0.717) is 24.3 Å². The summed E-state index contributed by atoms with van der Waals surface area (Å²) in [4.78, 5) is 11.6. The number of aliphatic carboxylic acids is 1. The highest BCUT2D eigenvalue weighted by Gasteiger charge is 2.54. The molecule has 1 aliphatic heterocycles. The van der Waals surface area contributed by atoms with Gasteiger partial charge in [0, 0.05) is 6.54 Å². The summed E-state index contributed by atoms with van der Waals surface area (Å²) in [5.41, 5.74) is -0.503. The number of carbonyl (C=O) groups is 1. The van der Waals surface area contributed by atoms with E-state index in [1.165, 1.54) is 0 Å². The van der Waals surface area contributed by atoms with Crippen LogP contribution in [0.15, 0.2) is 24.3 Å². The molecule has 3 rings (SSSR count). The molecule has 2 N–H and O–H groups in total. The number of hydrogen-bond donors (Lipinski definition) is 2. The maximum atomic E-state index is 11.6. The minimum absolute atomic E-state index is 0.308. The molecule has 86 valence electrons. The van der Waals surface area contributed by atoms with Gasteiger partial charge in [-0.15, -0.1) is 0 Å². The zero-order chi connectivity index (χ0) is 11.2. The first-order valence-corrected chi connectivity index (χ1v) is 6.01. The molecule has 0 aromatic rings. The standard InChI is InChI=1S/C13H17NO2/c15-12(16)13-6-10-4-2-1-3-9(10)5-11(13)7-14-8-13/h1-4,9-11,14H,5-8H2,(H,15,16). The molecule has 0 aromatic heterocycles. The van der Waals surface area contributed by atoms with E-state index in [2.05, 4.69) is 29.6 Å². The summed E-state index contributed by atoms with van der Waals surface area (Å²) in [6.45, 7) is 1.51. The molecule has 3 aliphatic rings. The van der Waals surface area contributed by atoms with Crippen molar-refractivity contribution in [3.8, 4) is 0 Å². The Kier molecular flexibility index (Phi) is 2.18. The van der Waals surface area contributed by atoms with E-state index in [-0.39, 0.29) is 0 Å². The average molecular weight is 219 g/mol. The van der Waals surface area contributed by atoms with Gasteiger partial charge in [0.25, 0.3) is 0 Å². The lowest BCUT2D eigenvalue weighted by Gasteiger charge is -2.42. The number of rotatable bonds is 1. The fourth-order valence-corrected chi connectivity index (χ4v) is 3.62. The van der Waals surface area contributed by atoms with E-state index in [1.807, 2.05) is 0 Å². The largest absolute Gasteiger partial charge is 0.481 e. The Bertz CT molecular complexity index is 374. The molecule has 3 heteroatoms. The van der Waals surface area contributed by atoms with Crippen molar-refractivity contribution in [1.82, 2.24) is 5.32 Å². The van der Waals surface area contributed by atoms with Gasteiger partial charge in [-0.25, -0.2) is 0 Å². The van der Waals surface area contributed by atoms with Gasteiger partial charge < -0.3 is 10.4 Å². The average Bonchev–Trinajstić information content (AvgIpc) is 2.69. The third-order valence-corrected chi connectivity index (χ3v) is 4.57. The molecule has 4 unspecified atom stereocenters. The van der Waals surface area contributed by atoms with E-state index in [4.69, 9.17) is 0 Å². The van der Waals surface area contributed by atoms with Crippen molar-refractivity contribution in [3.05, 3.63) is 24.3 Å². The van der Waals surface area contributed by atoms with E-state index in [9.17, 15) is 9.90 Å². The summed E-state index contributed by atoms with van der Waals surface area (Å²) in [5, 5.41) is 12.8. The van der Waals surface area contributed by atoms with Crippen LogP contribution in [0.4, 0.5) is 0 Å². The Morgan fingerprint density at radius 3 is 2.81 bits per heavy atom. The summed E-state index contributed by atoms with van der Waals surface area (Å²) in [7, 11) is 0. The number of nitrogens with one attached hydrogen (secondary N) is 1. The van der Waals surface area contributed by atoms with Crippen LogP contribution in [0, 0.1) is 23.2 Å². The van der Waals surface area contributed by atoms with Gasteiger partial charge in [-0.1, -0.05) is 24.3 Å². The Balaban J connectivity index is 1.92. The lowest BCUT2D eigenvalue weighted by molar-refractivity contribution is -0.153. The third kappa shape index (κ3) is 1.27. The summed E-state index contributed by atoms with van der Waals surface area (Å²) >= 11 is 0. The molecule has 1 heterocycles. The Morgan fingerprint density at radius 1 is 1.31 bits per heavy atom. The smallest absolute Gasteiger partial charge is 0.311 e. The van der Waals surface area contributed by atoms with Crippen molar-refractivity contribution in [3.63, 3.8) is 0 Å². The first kappa shape index (κ1) is 10.1. The van der Waals surface area contributed by atoms with E-state index >= 15 is 0 Å². The topological polar surface area (TPSA) is 49.3 Å². The highest BCUT2D eigenvalue weighted by molar-refractivity contribution is 5.76. The zero-order valence-electron chi connectivity index (χ0n) is 9.23. The van der Waals surface area contributed by atoms with Crippen LogP contribution in [0.25, 0.3) is 0 Å². The van der Waals surface area contributed by atoms with E-state index < -0.39 is 11.4 Å². The molecule has 4 atom stereocenters. The normalized spacial score (nSPS) is 45.1. The summed E-state index contributed by atoms with van der Waals surface area (Å²) in [6, 6.07) is 0. The van der Waals surface area contributed by atoms with Gasteiger partial charge in [0.05, 0.1) is 5.41 Å². The Labute approximate surface area is 95.2 Å². The van der Waals surface area contributed by atoms with E-state index in [0.717, 1.165) is 19.4 Å². The van der Waals surface area contributed by atoms with Crippen LogP contribution < -0.4 is 5.32 Å². The maximum Gasteiger partial charge on any atom is 0.311 e. The van der Waals surface area contributed by atoms with Crippen LogP contribution in [-0.2, 0) is 4.79 Å². The van der Waals surface area contributed by atoms with Crippen molar-refractivity contribution in [2.24, 2.45) is 23.2 Å². The molecule has 0 amide bonds. The van der Waals surface area contributed by atoms with Crippen LogP contribution in [0.2, 0.25) is 0 Å². The number of allylic oxidation sites excluding steroid dienone is 4. The maximum absolute atomic E-state index is 11.6. The lowest BCUT2D eigenvalue weighted by Crippen LogP contribution is -2.45. The zero-order valence-corrected chi connectivity index (χ0v) is 9.23. The van der Waals surface area contributed by atoms with Crippen LogP contribution in [0.5, 0.6) is 0 Å². The highest BCUT2D eigenvalue weighted by Crippen LogP contribution is 2.50. The molecule has 0 spiro atoms. The van der Waals surface area contributed by atoms with Gasteiger partial charge in [0.1, 0.15) is 0 Å². The molecule has 1 saturated heterocycles. The molecule has 2 aliphatic carbocycles. The van der Waals surface area contributed by atoms with Crippen LogP contribution >= 0.6 is 0 Å². The molecular formula is C13H17NO2. The van der Waals surface area contributed by atoms with Gasteiger partial charge >= 0.3 is 5.97 Å². The lowest BCUT2D eigenvalue weighted by atomic mass is 9.60. The van der Waals surface area contributed by atoms with Crippen molar-refractivity contribution in [2.75, 3.05) is 13.1 Å². The first-order chi connectivity index (χ1) is 7.72. The molecule has 0 radical (unpaired) electrons. The molecule has 0 bridgehead atoms. The second kappa shape index (κ2) is 3.45. The molecule has 16 heavy (non-hydrogen) atoms.